The van der Waals surface area contributed by atoms with Crippen LogP contribution >= 0.6 is 0 Å². The molecule has 0 nitrogen and oxygen atoms in total. The van der Waals surface area contributed by atoms with E-state index >= 15 is 0 Å². The summed E-state index contributed by atoms with van der Waals surface area (Å²) in [6.07, 6.45) is 0. The van der Waals surface area contributed by atoms with E-state index in [9.17, 15) is 0 Å². The normalized spacial score (nSPS) is 62.0. The summed E-state index contributed by atoms with van der Waals surface area (Å²) in [6, 6.07) is 0. The van der Waals surface area contributed by atoms with E-state index in [1.807, 2.05) is 0 Å². The van der Waals surface area contributed by atoms with Crippen molar-refractivity contribution < 1.29 is 0 Å². The summed E-state index contributed by atoms with van der Waals surface area (Å²) in [5.41, 5.74) is 0. The first kappa shape index (κ1) is 12.5. The fraction of sp³-hybridized carbons (Fsp3) is 1.00. The third kappa shape index (κ3) is 1.50. The molecule has 2 fully saturated rings. The van der Waals surface area contributed by atoms with Crippen molar-refractivity contribution >= 4 is 7.85 Å². The Morgan fingerprint density at radius 3 is 1.38 bits per heavy atom. The molecule has 0 aliphatic heterocycles. The first-order valence-corrected chi connectivity index (χ1v) is 7.13. The minimum atomic E-state index is 0.437. The third-order valence-corrected chi connectivity index (χ3v) is 6.63. The van der Waals surface area contributed by atoms with Crippen molar-refractivity contribution in [2.45, 2.75) is 47.4 Å². The second-order valence-corrected chi connectivity index (χ2v) is 6.89. The summed E-state index contributed by atoms with van der Waals surface area (Å²) < 4.78 is 0. The molecular formula is C15H27B. The van der Waals surface area contributed by atoms with Crippen molar-refractivity contribution in [2.75, 3.05) is 0 Å². The van der Waals surface area contributed by atoms with Gasteiger partial charge in [-0.2, -0.15) is 0 Å². The van der Waals surface area contributed by atoms with Crippen molar-refractivity contribution in [2.24, 2.45) is 47.3 Å². The maximum absolute atomic E-state index is 6.48. The summed E-state index contributed by atoms with van der Waals surface area (Å²) in [5, 5.41) is 0. The van der Waals surface area contributed by atoms with Crippen molar-refractivity contribution in [3.05, 3.63) is 0 Å². The molecule has 0 aromatic carbocycles. The second-order valence-electron chi connectivity index (χ2n) is 6.89. The van der Waals surface area contributed by atoms with Crippen LogP contribution in [0.15, 0.2) is 0 Å². The van der Waals surface area contributed by atoms with E-state index < -0.39 is 0 Å². The monoisotopic (exact) mass is 218 g/mol. The van der Waals surface area contributed by atoms with Crippen molar-refractivity contribution in [3.63, 3.8) is 0 Å². The Kier molecular flexibility index (Phi) is 3.18. The van der Waals surface area contributed by atoms with Crippen LogP contribution in [0.4, 0.5) is 0 Å². The van der Waals surface area contributed by atoms with E-state index in [-0.39, 0.29) is 0 Å². The predicted molar refractivity (Wildman–Crippen MR) is 71.5 cm³/mol. The van der Waals surface area contributed by atoms with Crippen LogP contribution in [0.25, 0.3) is 0 Å². The van der Waals surface area contributed by atoms with Gasteiger partial charge in [0, 0.05) is 0 Å². The van der Waals surface area contributed by atoms with Gasteiger partial charge in [0.25, 0.3) is 0 Å². The Hall–Kier alpha value is 0.0649. The number of rotatable bonds is 0. The summed E-state index contributed by atoms with van der Waals surface area (Å²) in [7, 11) is 6.48. The van der Waals surface area contributed by atoms with Crippen LogP contribution < -0.4 is 0 Å². The molecule has 2 aliphatic carbocycles. The Labute approximate surface area is 103 Å². The van der Waals surface area contributed by atoms with Gasteiger partial charge in [0.15, 0.2) is 0 Å². The minimum absolute atomic E-state index is 0.437. The van der Waals surface area contributed by atoms with Crippen LogP contribution in [0.1, 0.15) is 41.5 Å². The highest BCUT2D eigenvalue weighted by Gasteiger charge is 2.53. The number of hydrogen-bond donors (Lipinski definition) is 0. The van der Waals surface area contributed by atoms with Gasteiger partial charge < -0.3 is 0 Å². The van der Waals surface area contributed by atoms with E-state index in [2.05, 4.69) is 41.5 Å². The van der Waals surface area contributed by atoms with Gasteiger partial charge in [-0.15, -0.1) is 0 Å². The molecule has 0 aromatic heterocycles. The zero-order chi connectivity index (χ0) is 12.2. The van der Waals surface area contributed by atoms with E-state index in [1.54, 1.807) is 0 Å². The fourth-order valence-electron chi connectivity index (χ4n) is 4.85. The minimum Gasteiger partial charge on any atom is -0.0713 e. The lowest BCUT2D eigenvalue weighted by atomic mass is 9.55. The van der Waals surface area contributed by atoms with Crippen molar-refractivity contribution in [1.29, 1.82) is 0 Å². The van der Waals surface area contributed by atoms with Gasteiger partial charge in [-0.25, -0.2) is 0 Å². The Morgan fingerprint density at radius 1 is 0.500 bits per heavy atom. The fourth-order valence-corrected chi connectivity index (χ4v) is 4.85. The Morgan fingerprint density at radius 2 is 0.875 bits per heavy atom. The highest BCUT2D eigenvalue weighted by atomic mass is 14.6. The van der Waals surface area contributed by atoms with Crippen LogP contribution in [0.2, 0.25) is 5.82 Å². The molecule has 2 aliphatic rings. The molecule has 2 rings (SSSR count). The molecule has 0 aromatic rings. The van der Waals surface area contributed by atoms with Gasteiger partial charge in [0.1, 0.15) is 0 Å². The van der Waals surface area contributed by atoms with Crippen LogP contribution in [0.5, 0.6) is 0 Å². The topological polar surface area (TPSA) is 0 Å². The average molecular weight is 218 g/mol. The van der Waals surface area contributed by atoms with E-state index in [0.717, 1.165) is 41.4 Å². The Bertz CT molecular complexity index is 236. The average Bonchev–Trinajstić information content (AvgIpc) is 2.48. The zero-order valence-electron chi connectivity index (χ0n) is 11.8. The molecule has 16 heavy (non-hydrogen) atoms. The van der Waals surface area contributed by atoms with Gasteiger partial charge in [-0.1, -0.05) is 47.4 Å². The summed E-state index contributed by atoms with van der Waals surface area (Å²) >= 11 is 0. The molecule has 2 radical (unpaired) electrons. The molecule has 1 heteroatoms. The van der Waals surface area contributed by atoms with Crippen LogP contribution in [0, 0.1) is 47.3 Å². The second kappa shape index (κ2) is 4.07. The number of hydrogen-bond acceptors (Lipinski definition) is 0. The highest BCUT2D eigenvalue weighted by molar-refractivity contribution is 6.12. The van der Waals surface area contributed by atoms with Crippen molar-refractivity contribution in [1.82, 2.24) is 0 Å². The lowest BCUT2D eigenvalue weighted by Gasteiger charge is -2.48. The molecule has 90 valence electrons. The maximum atomic E-state index is 6.48. The largest absolute Gasteiger partial charge is 0.0713 e. The highest BCUT2D eigenvalue weighted by Crippen LogP contribution is 2.60. The molecule has 9 unspecified atom stereocenters. The van der Waals surface area contributed by atoms with Gasteiger partial charge in [0.2, 0.25) is 0 Å². The smallest absolute Gasteiger partial charge is 0.0707 e. The maximum Gasteiger partial charge on any atom is 0.0707 e. The van der Waals surface area contributed by atoms with Crippen LogP contribution in [-0.4, -0.2) is 7.85 Å². The predicted octanol–water partition coefficient (Wildman–Crippen LogP) is 4.02. The third-order valence-electron chi connectivity index (χ3n) is 6.63. The van der Waals surface area contributed by atoms with Gasteiger partial charge in [-0.3, -0.25) is 0 Å². The van der Waals surface area contributed by atoms with Crippen LogP contribution in [0.3, 0.4) is 0 Å². The van der Waals surface area contributed by atoms with Crippen molar-refractivity contribution in [3.8, 4) is 0 Å². The summed E-state index contributed by atoms with van der Waals surface area (Å²) in [6.45, 7) is 14.6. The lowest BCUT2D eigenvalue weighted by molar-refractivity contribution is 0.0145. The summed E-state index contributed by atoms with van der Waals surface area (Å²) in [4.78, 5) is 0. The molecule has 0 bridgehead atoms. The Balaban J connectivity index is 2.33. The first-order chi connectivity index (χ1) is 7.37. The molecule has 0 N–H and O–H groups in total. The van der Waals surface area contributed by atoms with Gasteiger partial charge in [-0.05, 0) is 47.3 Å². The quantitative estimate of drug-likeness (QED) is 0.539. The molecule has 0 amide bonds. The van der Waals surface area contributed by atoms with E-state index in [4.69, 9.17) is 7.85 Å². The van der Waals surface area contributed by atoms with Gasteiger partial charge >= 0.3 is 0 Å². The first-order valence-electron chi connectivity index (χ1n) is 7.13. The van der Waals surface area contributed by atoms with E-state index in [1.165, 1.54) is 0 Å². The molecule has 2 saturated carbocycles. The van der Waals surface area contributed by atoms with E-state index in [0.29, 0.717) is 11.7 Å². The SMILES string of the molecule is [B]C1C(C)C(C)C2C(C)C(C)C(C)C(C)C12. The lowest BCUT2D eigenvalue weighted by Crippen LogP contribution is -2.42. The molecule has 0 heterocycles. The standard InChI is InChI=1S/C15H27B/c1-7-8(2)10(4)14-13(9(7)3)11(5)12(6)15(14)16/h7-15H,1-6H3. The molecule has 0 saturated heterocycles. The number of fused-ring (bicyclic) bond motifs is 1. The molecular weight excluding hydrogens is 191 g/mol. The van der Waals surface area contributed by atoms with Crippen LogP contribution in [-0.2, 0) is 0 Å². The summed E-state index contributed by atoms with van der Waals surface area (Å²) in [5.74, 6) is 6.94. The van der Waals surface area contributed by atoms with Gasteiger partial charge in [0.05, 0.1) is 7.85 Å². The molecule has 9 atom stereocenters. The molecule has 0 spiro atoms. The zero-order valence-corrected chi connectivity index (χ0v) is 11.8.